The summed E-state index contributed by atoms with van der Waals surface area (Å²) < 4.78 is 10.2. The zero-order chi connectivity index (χ0) is 12.0. The number of carbonyl (C=O) groups excluding carboxylic acids is 1. The van der Waals surface area contributed by atoms with Gasteiger partial charge in [0.25, 0.3) is 5.91 Å². The van der Waals surface area contributed by atoms with Gasteiger partial charge in [0.15, 0.2) is 0 Å². The minimum absolute atomic E-state index is 0.0835. The Morgan fingerprint density at radius 2 is 2.19 bits per heavy atom. The average Bonchev–Trinajstić information content (AvgIpc) is 2.37. The lowest BCUT2D eigenvalue weighted by Gasteiger charge is -2.31. The first-order chi connectivity index (χ1) is 7.67. The van der Waals surface area contributed by atoms with E-state index in [-0.39, 0.29) is 18.3 Å². The van der Waals surface area contributed by atoms with Gasteiger partial charge >= 0.3 is 0 Å². The summed E-state index contributed by atoms with van der Waals surface area (Å²) in [5.74, 6) is -0.163. The second-order valence-electron chi connectivity index (χ2n) is 3.80. The molecule has 0 radical (unpaired) electrons. The first-order valence-electron chi connectivity index (χ1n) is 5.55. The van der Waals surface area contributed by atoms with Crippen LogP contribution >= 0.6 is 0 Å². The minimum Gasteiger partial charge on any atom is -0.494 e. The van der Waals surface area contributed by atoms with Crippen molar-refractivity contribution in [1.82, 2.24) is 5.32 Å². The maximum absolute atomic E-state index is 11.8. The van der Waals surface area contributed by atoms with Crippen molar-refractivity contribution in [2.75, 3.05) is 19.8 Å². The van der Waals surface area contributed by atoms with E-state index < -0.39 is 5.54 Å². The highest BCUT2D eigenvalue weighted by Gasteiger charge is 2.29. The molecule has 0 unspecified atom stereocenters. The van der Waals surface area contributed by atoms with E-state index in [2.05, 4.69) is 5.32 Å². The zero-order valence-corrected chi connectivity index (χ0v) is 9.78. The van der Waals surface area contributed by atoms with Crippen LogP contribution in [-0.4, -0.2) is 36.4 Å². The van der Waals surface area contributed by atoms with Gasteiger partial charge in [0.1, 0.15) is 19.5 Å². The van der Waals surface area contributed by atoms with Gasteiger partial charge in [0, 0.05) is 0 Å². The maximum atomic E-state index is 11.8. The smallest absolute Gasteiger partial charge is 0.290 e. The highest BCUT2D eigenvalue weighted by molar-refractivity contribution is 5.91. The van der Waals surface area contributed by atoms with Gasteiger partial charge in [0.2, 0.25) is 5.76 Å². The predicted octanol–water partition coefficient (Wildman–Crippen LogP) is 0.542. The lowest BCUT2D eigenvalue weighted by Crippen LogP contribution is -2.51. The molecule has 0 aromatic carbocycles. The van der Waals surface area contributed by atoms with Crippen LogP contribution in [0.25, 0.3) is 0 Å². The van der Waals surface area contributed by atoms with Crippen molar-refractivity contribution in [3.05, 3.63) is 12.0 Å². The molecule has 2 N–H and O–H groups in total. The highest BCUT2D eigenvalue weighted by Crippen LogP contribution is 2.15. The summed E-state index contributed by atoms with van der Waals surface area (Å²) in [6.07, 6.45) is 2.64. The molecular formula is C11H19NO4. The third kappa shape index (κ3) is 2.88. The second kappa shape index (κ2) is 5.75. The first-order valence-corrected chi connectivity index (χ1v) is 5.55. The average molecular weight is 229 g/mol. The Kier molecular flexibility index (Phi) is 4.61. The predicted molar refractivity (Wildman–Crippen MR) is 58.5 cm³/mol. The van der Waals surface area contributed by atoms with Crippen LogP contribution in [-0.2, 0) is 14.3 Å². The Bertz CT molecular complexity index is 263. The Labute approximate surface area is 95.4 Å². The number of rotatable bonds is 5. The van der Waals surface area contributed by atoms with Crippen molar-refractivity contribution in [1.29, 1.82) is 0 Å². The summed E-state index contributed by atoms with van der Waals surface area (Å²) in [6.45, 7) is 4.60. The quantitative estimate of drug-likeness (QED) is 0.722. The normalized spacial score (nSPS) is 15.8. The van der Waals surface area contributed by atoms with Crippen molar-refractivity contribution in [3.8, 4) is 0 Å². The van der Waals surface area contributed by atoms with Crippen LogP contribution in [0.3, 0.4) is 0 Å². The van der Waals surface area contributed by atoms with Crippen molar-refractivity contribution in [2.24, 2.45) is 0 Å². The SMILES string of the molecule is CCC(CC)(CO)NC(=O)C1=COCCO1. The molecule has 5 nitrogen and oxygen atoms in total. The van der Waals surface area contributed by atoms with Crippen LogP contribution in [0, 0.1) is 0 Å². The number of nitrogens with one attached hydrogen (secondary N) is 1. The topological polar surface area (TPSA) is 67.8 Å². The molecular weight excluding hydrogens is 210 g/mol. The van der Waals surface area contributed by atoms with E-state index in [0.717, 1.165) is 0 Å². The van der Waals surface area contributed by atoms with Crippen LogP contribution in [0.4, 0.5) is 0 Å². The molecule has 5 heteroatoms. The van der Waals surface area contributed by atoms with Crippen molar-refractivity contribution < 1.29 is 19.4 Å². The fraction of sp³-hybridized carbons (Fsp3) is 0.727. The Balaban J connectivity index is 2.64. The van der Waals surface area contributed by atoms with Gasteiger partial charge in [-0.15, -0.1) is 0 Å². The van der Waals surface area contributed by atoms with Crippen LogP contribution in [0.15, 0.2) is 12.0 Å². The number of aliphatic hydroxyl groups excluding tert-OH is 1. The van der Waals surface area contributed by atoms with Gasteiger partial charge in [0.05, 0.1) is 12.1 Å². The fourth-order valence-electron chi connectivity index (χ4n) is 1.48. The lowest BCUT2D eigenvalue weighted by atomic mass is 9.94. The van der Waals surface area contributed by atoms with E-state index in [1.165, 1.54) is 6.26 Å². The zero-order valence-electron chi connectivity index (χ0n) is 9.78. The van der Waals surface area contributed by atoms with E-state index >= 15 is 0 Å². The van der Waals surface area contributed by atoms with Crippen molar-refractivity contribution in [3.63, 3.8) is 0 Å². The largest absolute Gasteiger partial charge is 0.494 e. The van der Waals surface area contributed by atoms with Gasteiger partial charge < -0.3 is 19.9 Å². The van der Waals surface area contributed by atoms with E-state index in [1.54, 1.807) is 0 Å². The van der Waals surface area contributed by atoms with Crippen LogP contribution in [0.2, 0.25) is 0 Å². The first kappa shape index (κ1) is 12.8. The molecule has 0 saturated carbocycles. The summed E-state index contributed by atoms with van der Waals surface area (Å²) >= 11 is 0. The van der Waals surface area contributed by atoms with Gasteiger partial charge in [-0.1, -0.05) is 13.8 Å². The molecule has 1 aliphatic rings. The maximum Gasteiger partial charge on any atom is 0.290 e. The molecule has 1 rings (SSSR count). The second-order valence-corrected chi connectivity index (χ2v) is 3.80. The van der Waals surface area contributed by atoms with Crippen molar-refractivity contribution >= 4 is 5.91 Å². The van der Waals surface area contributed by atoms with E-state index in [1.807, 2.05) is 13.8 Å². The summed E-state index contributed by atoms with van der Waals surface area (Å²) in [5, 5.41) is 12.1. The Hall–Kier alpha value is -1.23. The number of ether oxygens (including phenoxy) is 2. The van der Waals surface area contributed by atoms with E-state index in [0.29, 0.717) is 26.1 Å². The summed E-state index contributed by atoms with van der Waals surface area (Å²) in [4.78, 5) is 11.8. The minimum atomic E-state index is -0.571. The molecule has 0 aliphatic carbocycles. The molecule has 0 fully saturated rings. The molecule has 0 aromatic rings. The summed E-state index contributed by atoms with van der Waals surface area (Å²) in [6, 6.07) is 0. The third-order valence-electron chi connectivity index (χ3n) is 2.91. The molecule has 16 heavy (non-hydrogen) atoms. The van der Waals surface area contributed by atoms with E-state index in [4.69, 9.17) is 9.47 Å². The molecule has 0 atom stereocenters. The van der Waals surface area contributed by atoms with E-state index in [9.17, 15) is 9.90 Å². The molecule has 1 amide bonds. The lowest BCUT2D eigenvalue weighted by molar-refractivity contribution is -0.125. The van der Waals surface area contributed by atoms with Gasteiger partial charge in [-0.25, -0.2) is 0 Å². The molecule has 0 spiro atoms. The number of hydrogen-bond acceptors (Lipinski definition) is 4. The molecule has 92 valence electrons. The molecule has 1 aliphatic heterocycles. The van der Waals surface area contributed by atoms with Crippen LogP contribution in [0.1, 0.15) is 26.7 Å². The highest BCUT2D eigenvalue weighted by atomic mass is 16.6. The van der Waals surface area contributed by atoms with Crippen LogP contribution < -0.4 is 5.32 Å². The molecule has 1 heterocycles. The summed E-state index contributed by atoms with van der Waals surface area (Å²) in [5.41, 5.74) is -0.571. The molecule has 0 aromatic heterocycles. The van der Waals surface area contributed by atoms with Gasteiger partial charge in [-0.05, 0) is 12.8 Å². The number of amides is 1. The third-order valence-corrected chi connectivity index (χ3v) is 2.91. The van der Waals surface area contributed by atoms with Gasteiger partial charge in [-0.2, -0.15) is 0 Å². The van der Waals surface area contributed by atoms with Crippen molar-refractivity contribution in [2.45, 2.75) is 32.2 Å². The number of carbonyl (C=O) groups is 1. The van der Waals surface area contributed by atoms with Gasteiger partial charge in [-0.3, -0.25) is 4.79 Å². The molecule has 0 saturated heterocycles. The molecule has 0 bridgehead atoms. The fourth-order valence-corrected chi connectivity index (χ4v) is 1.48. The standard InChI is InChI=1S/C11H19NO4/c1-3-11(4-2,8-13)12-10(14)9-7-15-5-6-16-9/h7,13H,3-6,8H2,1-2H3,(H,12,14). The number of aliphatic hydroxyl groups is 1. The Morgan fingerprint density at radius 3 is 2.62 bits per heavy atom. The number of hydrogen-bond donors (Lipinski definition) is 2. The van der Waals surface area contributed by atoms with Crippen LogP contribution in [0.5, 0.6) is 0 Å². The monoisotopic (exact) mass is 229 g/mol. The summed E-state index contributed by atoms with van der Waals surface area (Å²) in [7, 11) is 0. The Morgan fingerprint density at radius 1 is 1.50 bits per heavy atom.